The largest absolute Gasteiger partial charge is 0.493 e. The molecule has 2 heterocycles. The lowest BCUT2D eigenvalue weighted by Gasteiger charge is -2.35. The Morgan fingerprint density at radius 1 is 0.811 bits per heavy atom. The van der Waals surface area contributed by atoms with Crippen LogP contribution in [0, 0.1) is 12.7 Å². The first-order valence-electron chi connectivity index (χ1n) is 17.6. The van der Waals surface area contributed by atoms with E-state index in [1.807, 2.05) is 62.1 Å². The van der Waals surface area contributed by atoms with Crippen molar-refractivity contribution in [2.24, 2.45) is 0 Å². The van der Waals surface area contributed by atoms with Crippen LogP contribution in [-0.4, -0.2) is 53.5 Å². The van der Waals surface area contributed by atoms with E-state index in [9.17, 15) is 9.18 Å². The Balaban J connectivity index is 0.982. The van der Waals surface area contributed by atoms with Gasteiger partial charge in [0.15, 0.2) is 5.75 Å². The van der Waals surface area contributed by atoms with Gasteiger partial charge < -0.3 is 19.1 Å². The van der Waals surface area contributed by atoms with Crippen molar-refractivity contribution in [3.05, 3.63) is 153 Å². The molecule has 1 fully saturated rings. The van der Waals surface area contributed by atoms with Gasteiger partial charge in [-0.05, 0) is 97.1 Å². The molecule has 7 nitrogen and oxygen atoms in total. The highest BCUT2D eigenvalue weighted by Crippen LogP contribution is 2.36. The predicted octanol–water partition coefficient (Wildman–Crippen LogP) is 9.97. The van der Waals surface area contributed by atoms with Crippen molar-refractivity contribution < 1.29 is 23.4 Å². The van der Waals surface area contributed by atoms with Crippen LogP contribution in [0.1, 0.15) is 41.7 Å². The van der Waals surface area contributed by atoms with E-state index in [0.717, 1.165) is 48.3 Å². The van der Waals surface area contributed by atoms with Crippen LogP contribution in [0.4, 0.5) is 4.39 Å². The topological polar surface area (TPSA) is 64.1 Å². The molecular formula is C43H42Cl2FN3O4. The third kappa shape index (κ3) is 10.2. The monoisotopic (exact) mass is 753 g/mol. The molecule has 4 aromatic carbocycles. The number of hydrogen-bond acceptors (Lipinski definition) is 6. The van der Waals surface area contributed by atoms with E-state index in [1.165, 1.54) is 23.3 Å². The van der Waals surface area contributed by atoms with E-state index in [0.29, 0.717) is 65.1 Å². The van der Waals surface area contributed by atoms with Gasteiger partial charge in [0.25, 0.3) is 0 Å². The van der Waals surface area contributed by atoms with Gasteiger partial charge in [0.05, 0.1) is 17.8 Å². The Bertz CT molecular complexity index is 2020. The molecule has 1 aliphatic rings. The molecule has 0 aliphatic carbocycles. The molecule has 0 radical (unpaired) electrons. The second-order valence-corrected chi connectivity index (χ2v) is 13.9. The summed E-state index contributed by atoms with van der Waals surface area (Å²) >= 11 is 13.0. The van der Waals surface area contributed by atoms with Gasteiger partial charge in [0.2, 0.25) is 11.8 Å². The molecule has 6 rings (SSSR count). The number of rotatable bonds is 13. The van der Waals surface area contributed by atoms with Crippen LogP contribution in [-0.2, 0) is 24.4 Å². The number of hydrogen-bond donors (Lipinski definition) is 0. The molecule has 0 unspecified atom stereocenters. The SMILES string of the molecule is C/C(C(=O)N1CCN(Cc2ccc(CCOc3ccc(F)cc3)cc2)CC1)=C(\C)c1cc(C)c(Oc2ccc(OCc3ccccc3Cl)cn2)c(Cl)c1. The number of pyridine rings is 1. The zero-order valence-corrected chi connectivity index (χ0v) is 31.6. The summed E-state index contributed by atoms with van der Waals surface area (Å²) in [6.45, 7) is 10.3. The van der Waals surface area contributed by atoms with Gasteiger partial charge in [0, 0.05) is 61.4 Å². The highest BCUT2D eigenvalue weighted by atomic mass is 35.5. The molecule has 1 amide bonds. The van der Waals surface area contributed by atoms with Crippen LogP contribution < -0.4 is 14.2 Å². The zero-order valence-electron chi connectivity index (χ0n) is 30.1. The summed E-state index contributed by atoms with van der Waals surface area (Å²) in [5, 5.41) is 1.08. The molecule has 5 aromatic rings. The smallest absolute Gasteiger partial charge is 0.249 e. The Labute approximate surface area is 320 Å². The van der Waals surface area contributed by atoms with Gasteiger partial charge in [0.1, 0.15) is 23.9 Å². The molecule has 0 saturated carbocycles. The van der Waals surface area contributed by atoms with Crippen LogP contribution >= 0.6 is 23.2 Å². The molecule has 0 spiro atoms. The molecule has 1 aromatic heterocycles. The van der Waals surface area contributed by atoms with Crippen molar-refractivity contribution in [3.8, 4) is 23.1 Å². The number of nitrogens with zero attached hydrogens (tertiary/aromatic N) is 3. The summed E-state index contributed by atoms with van der Waals surface area (Å²) < 4.78 is 30.7. The van der Waals surface area contributed by atoms with Crippen LogP contribution in [0.25, 0.3) is 5.57 Å². The van der Waals surface area contributed by atoms with Gasteiger partial charge in [-0.25, -0.2) is 9.37 Å². The summed E-state index contributed by atoms with van der Waals surface area (Å²) in [5.41, 5.74) is 6.55. The van der Waals surface area contributed by atoms with E-state index < -0.39 is 0 Å². The maximum atomic E-state index is 13.6. The summed E-state index contributed by atoms with van der Waals surface area (Å²) in [6, 6.07) is 29.5. The number of amides is 1. The summed E-state index contributed by atoms with van der Waals surface area (Å²) in [4.78, 5) is 22.3. The normalized spacial score (nSPS) is 13.7. The second kappa shape index (κ2) is 17.8. The molecule has 0 atom stereocenters. The quantitative estimate of drug-likeness (QED) is 0.112. The summed E-state index contributed by atoms with van der Waals surface area (Å²) in [6.07, 6.45) is 2.37. The van der Waals surface area contributed by atoms with Gasteiger partial charge >= 0.3 is 0 Å². The molecule has 53 heavy (non-hydrogen) atoms. The van der Waals surface area contributed by atoms with Crippen molar-refractivity contribution in [3.63, 3.8) is 0 Å². The minimum absolute atomic E-state index is 0.0319. The second-order valence-electron chi connectivity index (χ2n) is 13.1. The number of carbonyl (C=O) groups is 1. The Kier molecular flexibility index (Phi) is 12.7. The van der Waals surface area contributed by atoms with Crippen LogP contribution in [0.3, 0.4) is 0 Å². The van der Waals surface area contributed by atoms with Crippen molar-refractivity contribution in [1.82, 2.24) is 14.8 Å². The number of ether oxygens (including phenoxy) is 3. The number of aryl methyl sites for hydroxylation is 1. The van der Waals surface area contributed by atoms with E-state index in [4.69, 9.17) is 37.4 Å². The van der Waals surface area contributed by atoms with E-state index >= 15 is 0 Å². The third-order valence-corrected chi connectivity index (χ3v) is 10.0. The lowest BCUT2D eigenvalue weighted by atomic mass is 9.99. The number of aromatic nitrogens is 1. The maximum Gasteiger partial charge on any atom is 0.249 e. The number of halogens is 3. The van der Waals surface area contributed by atoms with Crippen LogP contribution in [0.15, 0.2) is 109 Å². The standard InChI is InChI=1S/C43H42Cl2FN3O4/c1-29-24-35(25-40(45)42(29)53-41-17-16-38(26-47-41)52-28-34-6-4-5-7-39(34)44)30(2)31(3)43(50)49-21-19-48(20-22-49)27-33-10-8-32(9-11-33)18-23-51-37-14-12-36(46)13-15-37/h4-17,24-26H,18-23,27-28H2,1-3H3/b31-30-. The fourth-order valence-corrected chi connectivity index (χ4v) is 6.58. The van der Waals surface area contributed by atoms with Gasteiger partial charge in [-0.3, -0.25) is 9.69 Å². The fourth-order valence-electron chi connectivity index (χ4n) is 6.08. The van der Waals surface area contributed by atoms with E-state index in [1.54, 1.807) is 30.5 Å². The van der Waals surface area contributed by atoms with Crippen molar-refractivity contribution in [2.45, 2.75) is 40.3 Å². The average molecular weight is 755 g/mol. The van der Waals surface area contributed by atoms with Gasteiger partial charge in [-0.1, -0.05) is 65.7 Å². The Morgan fingerprint density at radius 2 is 1.51 bits per heavy atom. The molecular weight excluding hydrogens is 712 g/mol. The lowest BCUT2D eigenvalue weighted by molar-refractivity contribution is -0.128. The first-order valence-corrected chi connectivity index (χ1v) is 18.3. The Hall–Kier alpha value is -4.89. The molecule has 274 valence electrons. The zero-order chi connectivity index (χ0) is 37.3. The molecule has 0 bridgehead atoms. The van der Waals surface area contributed by atoms with Crippen molar-refractivity contribution >= 4 is 34.7 Å². The van der Waals surface area contributed by atoms with Crippen LogP contribution in [0.5, 0.6) is 23.1 Å². The fraction of sp³-hybridized carbons (Fsp3) is 0.256. The molecule has 10 heteroatoms. The van der Waals surface area contributed by atoms with E-state index in [2.05, 4.69) is 34.1 Å². The van der Waals surface area contributed by atoms with Gasteiger partial charge in [-0.15, -0.1) is 0 Å². The number of carbonyl (C=O) groups excluding carboxylic acids is 1. The Morgan fingerprint density at radius 3 is 2.19 bits per heavy atom. The minimum Gasteiger partial charge on any atom is -0.493 e. The number of piperazine rings is 1. The van der Waals surface area contributed by atoms with Crippen LogP contribution in [0.2, 0.25) is 10.0 Å². The van der Waals surface area contributed by atoms with Crippen molar-refractivity contribution in [2.75, 3.05) is 32.8 Å². The summed E-state index contributed by atoms with van der Waals surface area (Å²) in [5.74, 6) is 1.90. The first kappa shape index (κ1) is 37.9. The summed E-state index contributed by atoms with van der Waals surface area (Å²) in [7, 11) is 0. The molecule has 1 aliphatic heterocycles. The third-order valence-electron chi connectivity index (χ3n) is 9.38. The minimum atomic E-state index is -0.274. The van der Waals surface area contributed by atoms with Gasteiger partial charge in [-0.2, -0.15) is 0 Å². The molecule has 1 saturated heterocycles. The average Bonchev–Trinajstić information content (AvgIpc) is 3.17. The highest BCUT2D eigenvalue weighted by Gasteiger charge is 2.24. The lowest BCUT2D eigenvalue weighted by Crippen LogP contribution is -2.48. The number of benzene rings is 4. The highest BCUT2D eigenvalue weighted by molar-refractivity contribution is 6.32. The first-order chi connectivity index (χ1) is 25.6. The maximum absolute atomic E-state index is 13.6. The predicted molar refractivity (Wildman–Crippen MR) is 208 cm³/mol. The van der Waals surface area contributed by atoms with E-state index in [-0.39, 0.29) is 11.7 Å². The number of allylic oxidation sites excluding steroid dienone is 1. The molecule has 0 N–H and O–H groups in total. The van der Waals surface area contributed by atoms with Crippen molar-refractivity contribution in [1.29, 1.82) is 0 Å².